The van der Waals surface area contributed by atoms with Crippen molar-refractivity contribution >= 4 is 32.7 Å². The molecule has 29 heavy (non-hydrogen) atoms. The number of hydrazone groups is 1. The van der Waals surface area contributed by atoms with Gasteiger partial charge in [0.25, 0.3) is 0 Å². The van der Waals surface area contributed by atoms with Crippen LogP contribution in [0.15, 0.2) is 70.0 Å². The summed E-state index contributed by atoms with van der Waals surface area (Å²) in [6.45, 7) is 1.63. The van der Waals surface area contributed by atoms with Crippen LogP contribution in [0.5, 0.6) is 0 Å². The lowest BCUT2D eigenvalue weighted by atomic mass is 10.2. The highest BCUT2D eigenvalue weighted by Crippen LogP contribution is 2.27. The second-order valence-corrected chi connectivity index (χ2v) is 9.16. The number of ether oxygens (including phenoxy) is 1. The molecular formula is C20H20N4O3S2. The summed E-state index contributed by atoms with van der Waals surface area (Å²) in [5.74, 6) is 0. The molecule has 0 amide bonds. The monoisotopic (exact) mass is 428 g/mol. The maximum absolute atomic E-state index is 12.7. The zero-order valence-corrected chi connectivity index (χ0v) is 17.2. The maximum atomic E-state index is 12.7. The highest BCUT2D eigenvalue weighted by Gasteiger charge is 2.26. The molecule has 0 atom stereocenters. The minimum Gasteiger partial charge on any atom is -0.379 e. The van der Waals surface area contributed by atoms with Crippen molar-refractivity contribution < 1.29 is 13.2 Å². The van der Waals surface area contributed by atoms with Gasteiger partial charge in [-0.25, -0.2) is 13.4 Å². The van der Waals surface area contributed by atoms with Gasteiger partial charge in [0.15, 0.2) is 0 Å². The van der Waals surface area contributed by atoms with E-state index in [2.05, 4.69) is 15.5 Å². The minimum absolute atomic E-state index is 0.282. The van der Waals surface area contributed by atoms with Gasteiger partial charge in [-0.05, 0) is 17.7 Å². The molecule has 1 aromatic heterocycles. The van der Waals surface area contributed by atoms with E-state index in [1.54, 1.807) is 30.5 Å². The zero-order valence-electron chi connectivity index (χ0n) is 15.6. The van der Waals surface area contributed by atoms with E-state index in [-0.39, 0.29) is 4.90 Å². The van der Waals surface area contributed by atoms with Crippen LogP contribution in [0.2, 0.25) is 0 Å². The fourth-order valence-electron chi connectivity index (χ4n) is 2.89. The van der Waals surface area contributed by atoms with Crippen molar-refractivity contribution in [1.29, 1.82) is 0 Å². The van der Waals surface area contributed by atoms with Gasteiger partial charge in [-0.15, -0.1) is 11.3 Å². The first kappa shape index (κ1) is 19.7. The van der Waals surface area contributed by atoms with Crippen molar-refractivity contribution in [3.05, 3.63) is 65.5 Å². The summed E-state index contributed by atoms with van der Waals surface area (Å²) in [6, 6.07) is 16.6. The van der Waals surface area contributed by atoms with Crippen LogP contribution in [-0.2, 0) is 14.8 Å². The topological polar surface area (TPSA) is 83.9 Å². The van der Waals surface area contributed by atoms with Gasteiger partial charge in [0.2, 0.25) is 15.2 Å². The predicted octanol–water partition coefficient (Wildman–Crippen LogP) is 3.28. The molecule has 9 heteroatoms. The largest absolute Gasteiger partial charge is 0.379 e. The summed E-state index contributed by atoms with van der Waals surface area (Å²) in [5, 5.41) is 6.77. The number of rotatable bonds is 6. The van der Waals surface area contributed by atoms with E-state index in [9.17, 15) is 8.42 Å². The molecule has 4 rings (SSSR count). The van der Waals surface area contributed by atoms with Crippen LogP contribution < -0.4 is 5.43 Å². The van der Waals surface area contributed by atoms with Crippen molar-refractivity contribution in [3.63, 3.8) is 0 Å². The van der Waals surface area contributed by atoms with Gasteiger partial charge in [-0.1, -0.05) is 42.5 Å². The Hall–Kier alpha value is -2.59. The fourth-order valence-corrected chi connectivity index (χ4v) is 4.97. The summed E-state index contributed by atoms with van der Waals surface area (Å²) in [5.41, 5.74) is 5.53. The Morgan fingerprint density at radius 2 is 1.79 bits per heavy atom. The lowest BCUT2D eigenvalue weighted by Gasteiger charge is -2.26. The Morgan fingerprint density at radius 1 is 1.07 bits per heavy atom. The predicted molar refractivity (Wildman–Crippen MR) is 115 cm³/mol. The van der Waals surface area contributed by atoms with E-state index < -0.39 is 10.0 Å². The number of sulfonamides is 1. The molecule has 1 aliphatic rings. The first-order valence-electron chi connectivity index (χ1n) is 9.11. The summed E-state index contributed by atoms with van der Waals surface area (Å²) < 4.78 is 32.1. The summed E-state index contributed by atoms with van der Waals surface area (Å²) in [7, 11) is -3.49. The third-order valence-electron chi connectivity index (χ3n) is 4.44. The normalized spacial score (nSPS) is 15.6. The van der Waals surface area contributed by atoms with Crippen molar-refractivity contribution in [2.24, 2.45) is 5.10 Å². The van der Waals surface area contributed by atoms with Crippen molar-refractivity contribution in [1.82, 2.24) is 9.29 Å². The van der Waals surface area contributed by atoms with Crippen LogP contribution >= 0.6 is 11.3 Å². The number of thiazole rings is 1. The lowest BCUT2D eigenvalue weighted by Crippen LogP contribution is -2.40. The molecule has 0 saturated carbocycles. The molecule has 7 nitrogen and oxygen atoms in total. The molecule has 0 aliphatic carbocycles. The van der Waals surface area contributed by atoms with Crippen LogP contribution in [0, 0.1) is 0 Å². The average molecular weight is 429 g/mol. The Balaban J connectivity index is 1.44. The van der Waals surface area contributed by atoms with Crippen LogP contribution in [0.3, 0.4) is 0 Å². The van der Waals surface area contributed by atoms with E-state index >= 15 is 0 Å². The number of aromatic nitrogens is 1. The second-order valence-electron chi connectivity index (χ2n) is 6.36. The molecule has 0 unspecified atom stereocenters. The number of hydrogen-bond acceptors (Lipinski definition) is 7. The number of nitrogens with one attached hydrogen (secondary N) is 1. The van der Waals surface area contributed by atoms with Gasteiger partial charge in [-0.2, -0.15) is 9.41 Å². The van der Waals surface area contributed by atoms with Gasteiger partial charge in [0, 0.05) is 24.0 Å². The third-order valence-corrected chi connectivity index (χ3v) is 7.10. The van der Waals surface area contributed by atoms with Crippen molar-refractivity contribution in [2.45, 2.75) is 4.90 Å². The van der Waals surface area contributed by atoms with Gasteiger partial charge < -0.3 is 4.74 Å². The molecule has 1 fully saturated rings. The summed E-state index contributed by atoms with van der Waals surface area (Å²) >= 11 is 1.44. The Bertz CT molecular complexity index is 1070. The SMILES string of the molecule is O=S(=O)(c1ccc(-c2csc(N/N=C\c3ccccc3)n2)cc1)N1CCOCC1. The van der Waals surface area contributed by atoms with Crippen LogP contribution in [-0.4, -0.2) is 50.2 Å². The van der Waals surface area contributed by atoms with Crippen molar-refractivity contribution in [3.8, 4) is 11.3 Å². The molecule has 3 aromatic rings. The van der Waals surface area contributed by atoms with E-state index in [0.29, 0.717) is 31.4 Å². The number of hydrogen-bond donors (Lipinski definition) is 1. The van der Waals surface area contributed by atoms with E-state index in [1.807, 2.05) is 35.7 Å². The zero-order chi connectivity index (χ0) is 20.1. The molecule has 1 aliphatic heterocycles. The Labute approximate surface area is 173 Å². The number of nitrogens with zero attached hydrogens (tertiary/aromatic N) is 3. The smallest absolute Gasteiger partial charge is 0.243 e. The van der Waals surface area contributed by atoms with Crippen LogP contribution in [0.25, 0.3) is 11.3 Å². The summed E-state index contributed by atoms with van der Waals surface area (Å²) in [6.07, 6.45) is 1.73. The minimum atomic E-state index is -3.49. The number of benzene rings is 2. The Kier molecular flexibility index (Phi) is 6.00. The second kappa shape index (κ2) is 8.83. The van der Waals surface area contributed by atoms with Gasteiger partial charge in [0.1, 0.15) is 0 Å². The first-order chi connectivity index (χ1) is 14.1. The molecule has 0 spiro atoms. The van der Waals surface area contributed by atoms with E-state index in [0.717, 1.165) is 16.8 Å². The Morgan fingerprint density at radius 3 is 2.52 bits per heavy atom. The first-order valence-corrected chi connectivity index (χ1v) is 11.4. The van der Waals surface area contributed by atoms with Gasteiger partial charge in [-0.3, -0.25) is 5.43 Å². The molecule has 150 valence electrons. The van der Waals surface area contributed by atoms with Crippen LogP contribution in [0.4, 0.5) is 5.13 Å². The molecular weight excluding hydrogens is 408 g/mol. The van der Waals surface area contributed by atoms with Crippen molar-refractivity contribution in [2.75, 3.05) is 31.7 Å². The fraction of sp³-hybridized carbons (Fsp3) is 0.200. The molecule has 0 bridgehead atoms. The maximum Gasteiger partial charge on any atom is 0.243 e. The molecule has 2 aromatic carbocycles. The highest BCUT2D eigenvalue weighted by atomic mass is 32.2. The molecule has 2 heterocycles. The van der Waals surface area contributed by atoms with Crippen LogP contribution in [0.1, 0.15) is 5.56 Å². The number of anilines is 1. The summed E-state index contributed by atoms with van der Waals surface area (Å²) in [4.78, 5) is 4.79. The quantitative estimate of drug-likeness (QED) is 0.481. The van der Waals surface area contributed by atoms with Gasteiger partial charge in [0.05, 0.1) is 30.0 Å². The molecule has 0 radical (unpaired) electrons. The lowest BCUT2D eigenvalue weighted by molar-refractivity contribution is 0.0730. The molecule has 1 saturated heterocycles. The highest BCUT2D eigenvalue weighted by molar-refractivity contribution is 7.89. The standard InChI is InChI=1S/C20H20N4O3S2/c25-29(26,24-10-12-27-13-11-24)18-8-6-17(7-9-18)19-15-28-20(22-19)23-21-14-16-4-2-1-3-5-16/h1-9,14-15H,10-13H2,(H,22,23)/b21-14-. The average Bonchev–Trinajstić information content (AvgIpc) is 3.24. The molecule has 1 N–H and O–H groups in total. The van der Waals surface area contributed by atoms with E-state index in [1.165, 1.54) is 15.6 Å². The third kappa shape index (κ3) is 4.70. The van der Waals surface area contributed by atoms with E-state index in [4.69, 9.17) is 4.74 Å². The number of morpholine rings is 1. The van der Waals surface area contributed by atoms with Gasteiger partial charge >= 0.3 is 0 Å².